The second-order valence-corrected chi connectivity index (χ2v) is 5.08. The molecule has 0 aromatic heterocycles. The highest BCUT2D eigenvalue weighted by Crippen LogP contribution is 2.12. The summed E-state index contributed by atoms with van der Waals surface area (Å²) in [6, 6.07) is 8.72. The van der Waals surface area contributed by atoms with E-state index < -0.39 is 0 Å². The topological polar surface area (TPSA) is 107 Å². The van der Waals surface area contributed by atoms with Gasteiger partial charge in [-0.1, -0.05) is 6.07 Å². The standard InChI is InChI=1S/C12H13N5O.C4H9N/c1-17(2)12(18)11(14)16-8-15-10-5-3-4-9(6-10)7-13;1-2-4-5-3-1/h3-6,8H,1-2H3,(H2,14,15,16);5H,1-4H2. The van der Waals surface area contributed by atoms with E-state index in [1.807, 2.05) is 6.07 Å². The fourth-order valence-electron chi connectivity index (χ4n) is 1.72. The molecule has 0 aliphatic carbocycles. The zero-order valence-electron chi connectivity index (χ0n) is 13.5. The van der Waals surface area contributed by atoms with Crippen molar-refractivity contribution in [2.75, 3.05) is 27.2 Å². The quantitative estimate of drug-likeness (QED) is 0.628. The first kappa shape index (κ1) is 18.3. The highest BCUT2D eigenvalue weighted by molar-refractivity contribution is 6.38. The van der Waals surface area contributed by atoms with Crippen LogP contribution in [0.3, 0.4) is 0 Å². The van der Waals surface area contributed by atoms with Crippen LogP contribution >= 0.6 is 0 Å². The van der Waals surface area contributed by atoms with Crippen molar-refractivity contribution in [3.63, 3.8) is 0 Å². The average molecular weight is 314 g/mol. The molecule has 1 heterocycles. The molecule has 1 aliphatic rings. The summed E-state index contributed by atoms with van der Waals surface area (Å²) in [6.07, 6.45) is 3.97. The average Bonchev–Trinajstić information content (AvgIpc) is 3.14. The van der Waals surface area contributed by atoms with Gasteiger partial charge in [0.2, 0.25) is 0 Å². The van der Waals surface area contributed by atoms with E-state index in [4.69, 9.17) is 11.0 Å². The Balaban J connectivity index is 0.000000446. The predicted octanol–water partition coefficient (Wildman–Crippen LogP) is 1.03. The molecule has 0 atom stereocenters. The van der Waals surface area contributed by atoms with E-state index in [1.165, 1.54) is 37.2 Å². The highest BCUT2D eigenvalue weighted by Gasteiger charge is 2.07. The molecule has 1 saturated heterocycles. The number of nitrogens with zero attached hydrogens (tertiary/aromatic N) is 4. The van der Waals surface area contributed by atoms with E-state index in [9.17, 15) is 4.79 Å². The number of carbonyl (C=O) groups excluding carboxylic acids is 1. The van der Waals surface area contributed by atoms with Crippen LogP contribution in [-0.2, 0) is 4.79 Å². The molecule has 1 fully saturated rings. The SMILES string of the molecule is C1CCNC1.CN(C)C(=O)C(N)=NC=Nc1cccc(C#N)c1. The Hall–Kier alpha value is -2.72. The number of nitrogens with two attached hydrogens (primary N) is 1. The molecule has 1 amide bonds. The van der Waals surface area contributed by atoms with E-state index in [0.717, 1.165) is 0 Å². The maximum absolute atomic E-state index is 11.4. The second kappa shape index (κ2) is 10.1. The highest BCUT2D eigenvalue weighted by atomic mass is 16.2. The van der Waals surface area contributed by atoms with E-state index in [2.05, 4.69) is 15.3 Å². The van der Waals surface area contributed by atoms with Crippen LogP contribution in [0.5, 0.6) is 0 Å². The second-order valence-electron chi connectivity index (χ2n) is 5.08. The van der Waals surface area contributed by atoms with Gasteiger partial charge in [-0.3, -0.25) is 4.79 Å². The first-order valence-electron chi connectivity index (χ1n) is 7.33. The third kappa shape index (κ3) is 7.20. The smallest absolute Gasteiger partial charge is 0.288 e. The summed E-state index contributed by atoms with van der Waals surface area (Å²) in [4.78, 5) is 20.4. The lowest BCUT2D eigenvalue weighted by molar-refractivity contribution is -0.121. The van der Waals surface area contributed by atoms with Crippen LogP contribution in [0.2, 0.25) is 0 Å². The summed E-state index contributed by atoms with van der Waals surface area (Å²) in [6.45, 7) is 2.50. The first-order chi connectivity index (χ1) is 11.0. The Morgan fingerprint density at radius 2 is 2.09 bits per heavy atom. The maximum atomic E-state index is 11.4. The van der Waals surface area contributed by atoms with E-state index >= 15 is 0 Å². The van der Waals surface area contributed by atoms with Crippen molar-refractivity contribution in [1.29, 1.82) is 5.26 Å². The van der Waals surface area contributed by atoms with Gasteiger partial charge in [0.05, 0.1) is 17.3 Å². The van der Waals surface area contributed by atoms with Gasteiger partial charge in [0.25, 0.3) is 5.91 Å². The Labute approximate surface area is 136 Å². The minimum atomic E-state index is -0.382. The zero-order valence-corrected chi connectivity index (χ0v) is 13.5. The number of benzene rings is 1. The number of rotatable bonds is 2. The minimum absolute atomic E-state index is 0.139. The van der Waals surface area contributed by atoms with Crippen molar-refractivity contribution < 1.29 is 4.79 Å². The van der Waals surface area contributed by atoms with Crippen molar-refractivity contribution in [3.05, 3.63) is 29.8 Å². The number of likely N-dealkylation sites (N-methyl/N-ethyl adjacent to an activating group) is 1. The molecule has 1 aliphatic heterocycles. The third-order valence-electron chi connectivity index (χ3n) is 2.96. The van der Waals surface area contributed by atoms with Gasteiger partial charge in [-0.15, -0.1) is 0 Å². The molecule has 0 bridgehead atoms. The molecule has 0 unspecified atom stereocenters. The minimum Gasteiger partial charge on any atom is -0.379 e. The van der Waals surface area contributed by atoms with Crippen molar-refractivity contribution in [3.8, 4) is 6.07 Å². The van der Waals surface area contributed by atoms with Crippen molar-refractivity contribution >= 4 is 23.8 Å². The lowest BCUT2D eigenvalue weighted by Crippen LogP contribution is -2.35. The lowest BCUT2D eigenvalue weighted by Gasteiger charge is -2.07. The summed E-state index contributed by atoms with van der Waals surface area (Å²) in [5.74, 6) is -0.521. The lowest BCUT2D eigenvalue weighted by atomic mass is 10.2. The normalized spacial score (nSPS) is 14.0. The fraction of sp³-hybridized carbons (Fsp3) is 0.375. The van der Waals surface area contributed by atoms with Gasteiger partial charge in [-0.25, -0.2) is 9.98 Å². The van der Waals surface area contributed by atoms with Crippen molar-refractivity contribution in [2.45, 2.75) is 12.8 Å². The van der Waals surface area contributed by atoms with Crippen LogP contribution in [-0.4, -0.2) is 50.2 Å². The molecular formula is C16H22N6O. The van der Waals surface area contributed by atoms with Gasteiger partial charge < -0.3 is 16.0 Å². The number of carbonyl (C=O) groups is 1. The van der Waals surface area contributed by atoms with Crippen molar-refractivity contribution in [1.82, 2.24) is 10.2 Å². The summed E-state index contributed by atoms with van der Waals surface area (Å²) in [5.41, 5.74) is 6.53. The molecule has 7 nitrogen and oxygen atoms in total. The van der Waals surface area contributed by atoms with Crippen LogP contribution in [0.4, 0.5) is 5.69 Å². The van der Waals surface area contributed by atoms with Crippen molar-refractivity contribution in [2.24, 2.45) is 15.7 Å². The molecule has 1 aromatic rings. The Bertz CT molecular complexity index is 604. The zero-order chi connectivity index (χ0) is 17.1. The fourth-order valence-corrected chi connectivity index (χ4v) is 1.72. The number of amides is 1. The molecule has 2 rings (SSSR count). The number of nitrogens with one attached hydrogen (secondary N) is 1. The number of amidine groups is 1. The molecule has 0 spiro atoms. The molecular weight excluding hydrogens is 292 g/mol. The van der Waals surface area contributed by atoms with Gasteiger partial charge in [-0.05, 0) is 44.1 Å². The third-order valence-corrected chi connectivity index (χ3v) is 2.96. The van der Waals surface area contributed by atoms with E-state index in [0.29, 0.717) is 11.3 Å². The van der Waals surface area contributed by atoms with Gasteiger partial charge >= 0.3 is 0 Å². The summed E-state index contributed by atoms with van der Waals surface area (Å²) < 4.78 is 0. The van der Waals surface area contributed by atoms with E-state index in [1.54, 1.807) is 38.4 Å². The van der Waals surface area contributed by atoms with Gasteiger partial charge in [-0.2, -0.15) is 5.26 Å². The van der Waals surface area contributed by atoms with Crippen LogP contribution in [0.15, 0.2) is 34.3 Å². The molecule has 7 heteroatoms. The van der Waals surface area contributed by atoms with Gasteiger partial charge in [0, 0.05) is 14.1 Å². The molecule has 3 N–H and O–H groups in total. The molecule has 122 valence electrons. The monoisotopic (exact) mass is 314 g/mol. The largest absolute Gasteiger partial charge is 0.379 e. The van der Waals surface area contributed by atoms with E-state index in [-0.39, 0.29) is 11.7 Å². The Morgan fingerprint density at radius 3 is 2.61 bits per heavy atom. The summed E-state index contributed by atoms with van der Waals surface area (Å²) in [7, 11) is 3.16. The molecule has 0 radical (unpaired) electrons. The van der Waals surface area contributed by atoms with Crippen LogP contribution < -0.4 is 11.1 Å². The molecule has 23 heavy (non-hydrogen) atoms. The van der Waals surface area contributed by atoms with Gasteiger partial charge in [0.15, 0.2) is 5.84 Å². The number of aliphatic imine (C=N–C) groups is 2. The number of hydrogen-bond acceptors (Lipinski definition) is 4. The van der Waals surface area contributed by atoms with Crippen LogP contribution in [0.25, 0.3) is 0 Å². The van der Waals surface area contributed by atoms with Gasteiger partial charge in [0.1, 0.15) is 6.34 Å². The number of nitriles is 1. The maximum Gasteiger partial charge on any atom is 0.288 e. The summed E-state index contributed by atoms with van der Waals surface area (Å²) >= 11 is 0. The van der Waals surface area contributed by atoms with Crippen LogP contribution in [0.1, 0.15) is 18.4 Å². The predicted molar refractivity (Wildman–Crippen MR) is 91.7 cm³/mol. The first-order valence-corrected chi connectivity index (χ1v) is 7.33. The summed E-state index contributed by atoms with van der Waals surface area (Å²) in [5, 5.41) is 11.9. The Morgan fingerprint density at radius 1 is 1.39 bits per heavy atom. The Kier molecular flexibility index (Phi) is 8.03. The van der Waals surface area contributed by atoms with Crippen LogP contribution in [0, 0.1) is 11.3 Å². The molecule has 0 saturated carbocycles. The number of hydrogen-bond donors (Lipinski definition) is 2. The molecule has 1 aromatic carbocycles.